The van der Waals surface area contributed by atoms with E-state index in [1.807, 2.05) is 13.8 Å². The molecule has 2 aromatic rings. The van der Waals surface area contributed by atoms with Crippen LogP contribution in [-0.2, 0) is 9.59 Å². The summed E-state index contributed by atoms with van der Waals surface area (Å²) < 4.78 is 41.3. The fraction of sp³-hybridized carbons (Fsp3) is 0.263. The number of primary amides is 1. The van der Waals surface area contributed by atoms with Crippen LogP contribution in [0.4, 0.5) is 18.9 Å². The predicted molar refractivity (Wildman–Crippen MR) is 92.1 cm³/mol. The van der Waals surface area contributed by atoms with E-state index in [1.165, 1.54) is 30.3 Å². The molecule has 26 heavy (non-hydrogen) atoms. The van der Waals surface area contributed by atoms with Crippen LogP contribution in [0.2, 0.25) is 0 Å². The van der Waals surface area contributed by atoms with Crippen molar-refractivity contribution in [3.8, 4) is 0 Å². The summed E-state index contributed by atoms with van der Waals surface area (Å²) in [6.07, 6.45) is -0.174. The van der Waals surface area contributed by atoms with Crippen molar-refractivity contribution < 1.29 is 22.8 Å². The second-order valence-electron chi connectivity index (χ2n) is 5.55. The van der Waals surface area contributed by atoms with Gasteiger partial charge in [0.1, 0.15) is 12.4 Å². The number of carbonyl (C=O) groups excluding carboxylic acids is 2. The highest BCUT2D eigenvalue weighted by Crippen LogP contribution is 2.42. The van der Waals surface area contributed by atoms with Crippen molar-refractivity contribution in [2.75, 3.05) is 11.4 Å². The van der Waals surface area contributed by atoms with Gasteiger partial charge in [-0.1, -0.05) is 26.0 Å². The van der Waals surface area contributed by atoms with Gasteiger partial charge in [0.25, 0.3) is 0 Å². The van der Waals surface area contributed by atoms with Crippen molar-refractivity contribution in [1.82, 2.24) is 0 Å². The van der Waals surface area contributed by atoms with E-state index in [2.05, 4.69) is 0 Å². The van der Waals surface area contributed by atoms with Crippen molar-refractivity contribution in [3.63, 3.8) is 0 Å². The van der Waals surface area contributed by atoms with Gasteiger partial charge >= 0.3 is 0 Å². The van der Waals surface area contributed by atoms with Crippen LogP contribution in [0.15, 0.2) is 36.4 Å². The summed E-state index contributed by atoms with van der Waals surface area (Å²) in [7, 11) is 0. The van der Waals surface area contributed by atoms with Crippen molar-refractivity contribution in [2.24, 2.45) is 5.73 Å². The van der Waals surface area contributed by atoms with Gasteiger partial charge < -0.3 is 10.6 Å². The molecule has 1 atom stereocenters. The lowest BCUT2D eigenvalue weighted by atomic mass is 9.83. The number of rotatable bonds is 3. The first-order chi connectivity index (χ1) is 12.4. The molecule has 1 heterocycles. The molecule has 0 saturated carbocycles. The Morgan fingerprint density at radius 1 is 1.12 bits per heavy atom. The zero-order chi connectivity index (χ0) is 19.4. The molecule has 1 unspecified atom stereocenters. The summed E-state index contributed by atoms with van der Waals surface area (Å²) in [6, 6.07) is 7.35. The van der Waals surface area contributed by atoms with E-state index >= 15 is 0 Å². The Hall–Kier alpha value is -2.83. The largest absolute Gasteiger partial charge is 0.368 e. The van der Waals surface area contributed by atoms with Gasteiger partial charge in [-0.3, -0.25) is 9.59 Å². The maximum atomic E-state index is 14.4. The molecule has 1 aliphatic heterocycles. The first-order valence-electron chi connectivity index (χ1n) is 8.20. The van der Waals surface area contributed by atoms with Crippen molar-refractivity contribution in [1.29, 1.82) is 0 Å². The quantitative estimate of drug-likeness (QED) is 0.906. The maximum absolute atomic E-state index is 14.4. The third-order valence-corrected chi connectivity index (χ3v) is 4.02. The molecular weight excluding hydrogens is 345 g/mol. The molecule has 7 heteroatoms. The average Bonchev–Trinajstić information content (AvgIpc) is 2.62. The summed E-state index contributed by atoms with van der Waals surface area (Å²) in [5, 5.41) is 0. The monoisotopic (exact) mass is 364 g/mol. The van der Waals surface area contributed by atoms with E-state index < -0.39 is 41.7 Å². The number of nitrogens with two attached hydrogens (primary N) is 1. The molecule has 138 valence electrons. The SMILES string of the molecule is CC.NC(=O)CN1C(=O)CC(c2ccc(F)cc2)c2c1ccc(F)c2F. The lowest BCUT2D eigenvalue weighted by Crippen LogP contribution is -2.42. The maximum Gasteiger partial charge on any atom is 0.237 e. The lowest BCUT2D eigenvalue weighted by Gasteiger charge is -2.34. The molecule has 0 bridgehead atoms. The normalized spacial score (nSPS) is 15.8. The van der Waals surface area contributed by atoms with Crippen LogP contribution in [0.3, 0.4) is 0 Å². The summed E-state index contributed by atoms with van der Waals surface area (Å²) in [4.78, 5) is 24.6. The number of hydrogen-bond acceptors (Lipinski definition) is 2. The Morgan fingerprint density at radius 2 is 1.73 bits per heavy atom. The molecule has 0 saturated heterocycles. The Bertz CT molecular complexity index is 822. The number of hydrogen-bond donors (Lipinski definition) is 1. The summed E-state index contributed by atoms with van der Waals surface area (Å²) in [6.45, 7) is 3.58. The number of nitrogens with zero attached hydrogens (tertiary/aromatic N) is 1. The number of halogens is 3. The summed E-state index contributed by atoms with van der Waals surface area (Å²) in [5.74, 6) is -4.61. The fourth-order valence-electron chi connectivity index (χ4n) is 2.95. The van der Waals surface area contributed by atoms with E-state index in [0.29, 0.717) is 5.56 Å². The highest BCUT2D eigenvalue weighted by Gasteiger charge is 2.36. The van der Waals surface area contributed by atoms with E-state index in [4.69, 9.17) is 5.73 Å². The molecule has 3 rings (SSSR count). The number of anilines is 1. The highest BCUT2D eigenvalue weighted by molar-refractivity contribution is 6.01. The average molecular weight is 364 g/mol. The van der Waals surface area contributed by atoms with Gasteiger partial charge in [0.05, 0.1) is 5.69 Å². The second-order valence-corrected chi connectivity index (χ2v) is 5.55. The highest BCUT2D eigenvalue weighted by atomic mass is 19.2. The minimum atomic E-state index is -1.09. The molecule has 4 nitrogen and oxygen atoms in total. The summed E-state index contributed by atoms with van der Waals surface area (Å²) >= 11 is 0. The van der Waals surface area contributed by atoms with Crippen molar-refractivity contribution >= 4 is 17.5 Å². The van der Waals surface area contributed by atoms with Crippen LogP contribution in [0.1, 0.15) is 37.3 Å². The molecular formula is C19H19F3N2O2. The molecule has 0 aromatic heterocycles. The van der Waals surface area contributed by atoms with Gasteiger partial charge in [-0.25, -0.2) is 13.2 Å². The topological polar surface area (TPSA) is 63.4 Å². The van der Waals surface area contributed by atoms with Gasteiger partial charge in [-0.05, 0) is 29.8 Å². The van der Waals surface area contributed by atoms with Crippen molar-refractivity contribution in [2.45, 2.75) is 26.2 Å². The minimum absolute atomic E-state index is 0.0394. The van der Waals surface area contributed by atoms with Crippen LogP contribution in [0.5, 0.6) is 0 Å². The van der Waals surface area contributed by atoms with Gasteiger partial charge in [0.15, 0.2) is 11.6 Å². The fourth-order valence-corrected chi connectivity index (χ4v) is 2.95. The molecule has 2 N–H and O–H groups in total. The van der Waals surface area contributed by atoms with Gasteiger partial charge in [0.2, 0.25) is 11.8 Å². The summed E-state index contributed by atoms with van der Waals surface area (Å²) in [5.41, 5.74) is 5.67. The van der Waals surface area contributed by atoms with E-state index in [9.17, 15) is 22.8 Å². The van der Waals surface area contributed by atoms with Gasteiger partial charge in [-0.2, -0.15) is 0 Å². The standard InChI is InChI=1S/C17H13F3N2O2.C2H6/c18-10-3-1-9(2-4-10)11-7-15(24)22(8-14(21)23)13-6-5-12(19)17(20)16(11)13;1-2/h1-6,11H,7-8H2,(H2,21,23);1-2H3. The molecule has 0 radical (unpaired) electrons. The first-order valence-corrected chi connectivity index (χ1v) is 8.20. The zero-order valence-electron chi connectivity index (χ0n) is 14.4. The number of benzene rings is 2. The Morgan fingerprint density at radius 3 is 2.31 bits per heavy atom. The third-order valence-electron chi connectivity index (χ3n) is 4.02. The third kappa shape index (κ3) is 3.71. The van der Waals surface area contributed by atoms with E-state index in [0.717, 1.165) is 11.0 Å². The van der Waals surface area contributed by atoms with Crippen LogP contribution in [0.25, 0.3) is 0 Å². The van der Waals surface area contributed by atoms with Gasteiger partial charge in [0, 0.05) is 17.9 Å². The number of carbonyl (C=O) groups is 2. The van der Waals surface area contributed by atoms with Crippen LogP contribution < -0.4 is 10.6 Å². The first kappa shape index (κ1) is 19.5. The smallest absolute Gasteiger partial charge is 0.237 e. The molecule has 0 fully saturated rings. The number of amides is 2. The lowest BCUT2D eigenvalue weighted by molar-refractivity contribution is -0.122. The molecule has 0 spiro atoms. The van der Waals surface area contributed by atoms with Crippen LogP contribution in [-0.4, -0.2) is 18.4 Å². The molecule has 1 aliphatic rings. The predicted octanol–water partition coefficient (Wildman–Crippen LogP) is 3.48. The number of fused-ring (bicyclic) bond motifs is 1. The molecule has 0 aliphatic carbocycles. The second kappa shape index (κ2) is 8.03. The van der Waals surface area contributed by atoms with Gasteiger partial charge in [-0.15, -0.1) is 0 Å². The molecule has 2 aromatic carbocycles. The molecule has 2 amide bonds. The van der Waals surface area contributed by atoms with Crippen molar-refractivity contribution in [3.05, 3.63) is 65.0 Å². The van der Waals surface area contributed by atoms with E-state index in [1.54, 1.807) is 0 Å². The van der Waals surface area contributed by atoms with E-state index in [-0.39, 0.29) is 17.7 Å². The zero-order valence-corrected chi connectivity index (χ0v) is 14.4. The minimum Gasteiger partial charge on any atom is -0.368 e. The Kier molecular flexibility index (Phi) is 6.02. The van der Waals surface area contributed by atoms with Crippen LogP contribution >= 0.6 is 0 Å². The Balaban J connectivity index is 0.00000117. The van der Waals surface area contributed by atoms with Crippen LogP contribution in [0, 0.1) is 17.5 Å². The Labute approximate surface area is 149 Å².